The van der Waals surface area contributed by atoms with E-state index in [9.17, 15) is 4.79 Å². The molecule has 0 aliphatic carbocycles. The van der Waals surface area contributed by atoms with Crippen LogP contribution in [0.2, 0.25) is 0 Å². The van der Waals surface area contributed by atoms with Crippen LogP contribution in [0.5, 0.6) is 6.01 Å². The normalized spacial score (nSPS) is 21.2. The molecule has 2 aliphatic rings. The minimum atomic E-state index is -0.190. The Hall–Kier alpha value is -2.54. The van der Waals surface area contributed by atoms with Gasteiger partial charge in [-0.25, -0.2) is 9.97 Å². The largest absolute Gasteiger partial charge is 0.463 e. The lowest BCUT2D eigenvalue weighted by atomic mass is 9.79. The van der Waals surface area contributed by atoms with E-state index in [0.29, 0.717) is 37.2 Å². The van der Waals surface area contributed by atoms with E-state index in [-0.39, 0.29) is 11.5 Å². The molecule has 1 amide bonds. The SMILES string of the molecule is O=C(c1cccnc1)N1CC2(CC(CCOc3ncccn3)CCO2)C1. The van der Waals surface area contributed by atoms with E-state index >= 15 is 0 Å². The highest BCUT2D eigenvalue weighted by Crippen LogP contribution is 2.38. The van der Waals surface area contributed by atoms with Crippen LogP contribution in [0.3, 0.4) is 0 Å². The molecule has 1 unspecified atom stereocenters. The third kappa shape index (κ3) is 3.67. The van der Waals surface area contributed by atoms with Gasteiger partial charge < -0.3 is 14.4 Å². The third-order valence-corrected chi connectivity index (χ3v) is 5.05. The highest BCUT2D eigenvalue weighted by Gasteiger charge is 2.49. The zero-order chi connectivity index (χ0) is 17.8. The molecule has 7 nitrogen and oxygen atoms in total. The summed E-state index contributed by atoms with van der Waals surface area (Å²) >= 11 is 0. The van der Waals surface area contributed by atoms with Crippen LogP contribution in [0.1, 0.15) is 29.6 Å². The summed E-state index contributed by atoms with van der Waals surface area (Å²) in [5.41, 5.74) is 0.440. The molecule has 2 aromatic rings. The third-order valence-electron chi connectivity index (χ3n) is 5.05. The first-order valence-electron chi connectivity index (χ1n) is 8.97. The summed E-state index contributed by atoms with van der Waals surface area (Å²) in [6.07, 6.45) is 9.56. The standard InChI is InChI=1S/C19H22N4O3/c24-17(16-3-1-6-20-12-16)23-13-19(14-23)11-15(5-10-26-19)4-9-25-18-21-7-2-8-22-18/h1-3,6-8,12,15H,4-5,9-11,13-14H2. The maximum Gasteiger partial charge on any atom is 0.316 e. The molecule has 0 aromatic carbocycles. The second kappa shape index (κ2) is 7.37. The Bertz CT molecular complexity index is 735. The van der Waals surface area contributed by atoms with Crippen molar-refractivity contribution in [3.63, 3.8) is 0 Å². The Labute approximate surface area is 152 Å². The summed E-state index contributed by atoms with van der Waals surface area (Å²) in [5, 5.41) is 0. The van der Waals surface area contributed by atoms with E-state index in [1.54, 1.807) is 43.0 Å². The number of rotatable bonds is 5. The molecule has 26 heavy (non-hydrogen) atoms. The van der Waals surface area contributed by atoms with Gasteiger partial charge in [-0.3, -0.25) is 9.78 Å². The van der Waals surface area contributed by atoms with Crippen molar-refractivity contribution in [1.29, 1.82) is 0 Å². The second-order valence-corrected chi connectivity index (χ2v) is 6.96. The highest BCUT2D eigenvalue weighted by molar-refractivity contribution is 5.94. The fraction of sp³-hybridized carbons (Fsp3) is 0.474. The van der Waals surface area contributed by atoms with Crippen molar-refractivity contribution in [2.75, 3.05) is 26.3 Å². The molecule has 0 radical (unpaired) electrons. The number of nitrogens with zero attached hydrogens (tertiary/aromatic N) is 4. The summed E-state index contributed by atoms with van der Waals surface area (Å²) < 4.78 is 11.6. The van der Waals surface area contributed by atoms with Crippen molar-refractivity contribution in [1.82, 2.24) is 19.9 Å². The first-order valence-corrected chi connectivity index (χ1v) is 8.97. The number of carbonyl (C=O) groups is 1. The Balaban J connectivity index is 1.26. The molecule has 0 saturated carbocycles. The van der Waals surface area contributed by atoms with Crippen molar-refractivity contribution in [2.45, 2.75) is 24.9 Å². The number of ether oxygens (including phenoxy) is 2. The van der Waals surface area contributed by atoms with E-state index < -0.39 is 0 Å². The van der Waals surface area contributed by atoms with Gasteiger partial charge >= 0.3 is 6.01 Å². The van der Waals surface area contributed by atoms with Crippen LogP contribution in [0, 0.1) is 5.92 Å². The maximum atomic E-state index is 12.5. The van der Waals surface area contributed by atoms with Crippen molar-refractivity contribution in [2.24, 2.45) is 5.92 Å². The number of hydrogen-bond acceptors (Lipinski definition) is 6. The van der Waals surface area contributed by atoms with Crippen molar-refractivity contribution in [3.05, 3.63) is 48.5 Å². The molecule has 2 fully saturated rings. The minimum absolute atomic E-state index is 0.0269. The Morgan fingerprint density at radius 1 is 1.27 bits per heavy atom. The molecule has 2 aromatic heterocycles. The van der Waals surface area contributed by atoms with Crippen LogP contribution >= 0.6 is 0 Å². The van der Waals surface area contributed by atoms with Crippen LogP contribution in [-0.2, 0) is 4.74 Å². The quantitative estimate of drug-likeness (QED) is 0.817. The molecule has 1 atom stereocenters. The highest BCUT2D eigenvalue weighted by atomic mass is 16.5. The summed E-state index contributed by atoms with van der Waals surface area (Å²) in [4.78, 5) is 26.5. The Morgan fingerprint density at radius 2 is 2.12 bits per heavy atom. The lowest BCUT2D eigenvalue weighted by Gasteiger charge is -2.53. The van der Waals surface area contributed by atoms with E-state index in [1.807, 2.05) is 4.90 Å². The first kappa shape index (κ1) is 16.9. The number of hydrogen-bond donors (Lipinski definition) is 0. The van der Waals surface area contributed by atoms with Gasteiger partial charge in [0.2, 0.25) is 0 Å². The molecule has 7 heteroatoms. The van der Waals surface area contributed by atoms with Crippen LogP contribution in [0.15, 0.2) is 43.0 Å². The Morgan fingerprint density at radius 3 is 2.88 bits per heavy atom. The summed E-state index contributed by atoms with van der Waals surface area (Å²) in [6, 6.07) is 5.77. The van der Waals surface area contributed by atoms with Gasteiger partial charge in [0.05, 0.1) is 25.3 Å². The predicted molar refractivity (Wildman–Crippen MR) is 93.7 cm³/mol. The molecule has 0 N–H and O–H groups in total. The van der Waals surface area contributed by atoms with Gasteiger partial charge in [0, 0.05) is 31.4 Å². The van der Waals surface area contributed by atoms with Gasteiger partial charge in [0.1, 0.15) is 5.60 Å². The lowest BCUT2D eigenvalue weighted by molar-refractivity contribution is -0.166. The van der Waals surface area contributed by atoms with Crippen LogP contribution < -0.4 is 4.74 Å². The first-order chi connectivity index (χ1) is 12.7. The number of aromatic nitrogens is 3. The summed E-state index contributed by atoms with van der Waals surface area (Å²) in [7, 11) is 0. The fourth-order valence-corrected chi connectivity index (χ4v) is 3.74. The van der Waals surface area contributed by atoms with Crippen molar-refractivity contribution in [3.8, 4) is 6.01 Å². The van der Waals surface area contributed by atoms with E-state index in [2.05, 4.69) is 15.0 Å². The molecular formula is C19H22N4O3. The number of pyridine rings is 1. The molecule has 1 spiro atoms. The van der Waals surface area contributed by atoms with Crippen molar-refractivity contribution >= 4 is 5.91 Å². The van der Waals surface area contributed by atoms with Crippen LogP contribution in [0.25, 0.3) is 0 Å². The predicted octanol–water partition coefficient (Wildman–Crippen LogP) is 1.96. The smallest absolute Gasteiger partial charge is 0.316 e. The van der Waals surface area contributed by atoms with Gasteiger partial charge in [-0.1, -0.05) is 0 Å². The van der Waals surface area contributed by atoms with Gasteiger partial charge in [-0.2, -0.15) is 0 Å². The Kier molecular flexibility index (Phi) is 4.79. The van der Waals surface area contributed by atoms with E-state index in [4.69, 9.17) is 9.47 Å². The topological polar surface area (TPSA) is 77.4 Å². The second-order valence-electron chi connectivity index (χ2n) is 6.96. The van der Waals surface area contributed by atoms with Gasteiger partial charge in [-0.15, -0.1) is 0 Å². The molecule has 2 aliphatic heterocycles. The van der Waals surface area contributed by atoms with E-state index in [1.165, 1.54) is 0 Å². The minimum Gasteiger partial charge on any atom is -0.463 e. The van der Waals surface area contributed by atoms with Gasteiger partial charge in [0.15, 0.2) is 0 Å². The molecule has 4 rings (SSSR count). The van der Waals surface area contributed by atoms with Crippen molar-refractivity contribution < 1.29 is 14.3 Å². The van der Waals surface area contributed by atoms with Gasteiger partial charge in [-0.05, 0) is 43.4 Å². The van der Waals surface area contributed by atoms with E-state index in [0.717, 1.165) is 25.9 Å². The average molecular weight is 354 g/mol. The monoisotopic (exact) mass is 354 g/mol. The number of carbonyl (C=O) groups excluding carboxylic acids is 1. The number of likely N-dealkylation sites (tertiary alicyclic amines) is 1. The zero-order valence-corrected chi connectivity index (χ0v) is 14.6. The lowest BCUT2D eigenvalue weighted by Crippen LogP contribution is -2.66. The average Bonchev–Trinajstić information content (AvgIpc) is 2.67. The number of amides is 1. The molecule has 0 bridgehead atoms. The molecule has 4 heterocycles. The molecular weight excluding hydrogens is 332 g/mol. The van der Waals surface area contributed by atoms with Gasteiger partial charge in [0.25, 0.3) is 5.91 Å². The maximum absolute atomic E-state index is 12.5. The van der Waals surface area contributed by atoms with Crippen LogP contribution in [-0.4, -0.2) is 57.7 Å². The van der Waals surface area contributed by atoms with Crippen LogP contribution in [0.4, 0.5) is 0 Å². The summed E-state index contributed by atoms with van der Waals surface area (Å²) in [6.45, 7) is 2.64. The molecule has 2 saturated heterocycles. The fourth-order valence-electron chi connectivity index (χ4n) is 3.74. The summed E-state index contributed by atoms with van der Waals surface area (Å²) in [5.74, 6) is 0.558. The molecule has 136 valence electrons. The zero-order valence-electron chi connectivity index (χ0n) is 14.6.